The molecule has 0 fully saturated rings. The van der Waals surface area contributed by atoms with Crippen LogP contribution in [0.15, 0.2) is 24.4 Å². The Balaban J connectivity index is 2.15. The van der Waals surface area contributed by atoms with Crippen LogP contribution in [0.25, 0.3) is 0 Å². The molecular formula is C15H19FN4O. The van der Waals surface area contributed by atoms with Gasteiger partial charge in [0.15, 0.2) is 0 Å². The van der Waals surface area contributed by atoms with Crippen LogP contribution in [0.2, 0.25) is 0 Å². The third kappa shape index (κ3) is 3.46. The van der Waals surface area contributed by atoms with Crippen molar-refractivity contribution in [3.63, 3.8) is 0 Å². The van der Waals surface area contributed by atoms with Gasteiger partial charge in [-0.15, -0.1) is 0 Å². The number of aromatic nitrogens is 2. The molecule has 1 aromatic heterocycles. The minimum Gasteiger partial charge on any atom is -0.330 e. The molecule has 0 aliphatic rings. The fourth-order valence-electron chi connectivity index (χ4n) is 2.05. The third-order valence-corrected chi connectivity index (χ3v) is 3.29. The molecule has 112 valence electrons. The van der Waals surface area contributed by atoms with E-state index in [0.717, 1.165) is 17.7 Å². The highest BCUT2D eigenvalue weighted by Gasteiger charge is 2.15. The first-order valence-corrected chi connectivity index (χ1v) is 6.83. The van der Waals surface area contributed by atoms with Crippen molar-refractivity contribution in [2.75, 3.05) is 11.9 Å². The van der Waals surface area contributed by atoms with Crippen LogP contribution in [-0.2, 0) is 6.54 Å². The molecule has 0 aliphatic heterocycles. The van der Waals surface area contributed by atoms with Crippen molar-refractivity contribution < 1.29 is 9.18 Å². The number of nitrogens with zero attached hydrogens (tertiary/aromatic N) is 2. The van der Waals surface area contributed by atoms with Crippen molar-refractivity contribution in [1.82, 2.24) is 9.78 Å². The first-order chi connectivity index (χ1) is 10.0. The topological polar surface area (TPSA) is 72.9 Å². The predicted molar refractivity (Wildman–Crippen MR) is 79.7 cm³/mol. The minimum atomic E-state index is -0.448. The summed E-state index contributed by atoms with van der Waals surface area (Å²) in [6.07, 6.45) is 2.28. The van der Waals surface area contributed by atoms with Crippen molar-refractivity contribution in [3.05, 3.63) is 47.0 Å². The molecule has 0 aliphatic carbocycles. The molecule has 2 aromatic rings. The van der Waals surface area contributed by atoms with Crippen LogP contribution >= 0.6 is 0 Å². The summed E-state index contributed by atoms with van der Waals surface area (Å²) in [6, 6.07) is 4.68. The predicted octanol–water partition coefficient (Wildman–Crippen LogP) is 2.24. The Morgan fingerprint density at radius 3 is 2.86 bits per heavy atom. The van der Waals surface area contributed by atoms with E-state index >= 15 is 0 Å². The van der Waals surface area contributed by atoms with Crippen LogP contribution in [0.3, 0.4) is 0 Å². The summed E-state index contributed by atoms with van der Waals surface area (Å²) in [5, 5.41) is 6.73. The molecule has 0 radical (unpaired) electrons. The fourth-order valence-corrected chi connectivity index (χ4v) is 2.05. The maximum Gasteiger partial charge on any atom is 0.259 e. The number of rotatable bonds is 5. The lowest BCUT2D eigenvalue weighted by molar-refractivity contribution is 0.102. The number of amides is 1. The first kappa shape index (κ1) is 15.2. The Hall–Kier alpha value is -2.21. The Morgan fingerprint density at radius 2 is 2.19 bits per heavy atom. The summed E-state index contributed by atoms with van der Waals surface area (Å²) in [7, 11) is 0. The second-order valence-corrected chi connectivity index (χ2v) is 4.95. The van der Waals surface area contributed by atoms with Crippen LogP contribution in [-0.4, -0.2) is 22.2 Å². The van der Waals surface area contributed by atoms with Crippen molar-refractivity contribution in [1.29, 1.82) is 0 Å². The van der Waals surface area contributed by atoms with Crippen molar-refractivity contribution in [2.24, 2.45) is 5.73 Å². The summed E-state index contributed by atoms with van der Waals surface area (Å²) in [5.74, 6) is -0.814. The molecule has 0 atom stereocenters. The monoisotopic (exact) mass is 290 g/mol. The molecular weight excluding hydrogens is 271 g/mol. The van der Waals surface area contributed by atoms with Crippen LogP contribution in [0.1, 0.15) is 28.0 Å². The summed E-state index contributed by atoms with van der Waals surface area (Å²) >= 11 is 0. The number of benzene rings is 1. The molecule has 1 aromatic carbocycles. The average Bonchev–Trinajstić information content (AvgIpc) is 2.81. The van der Waals surface area contributed by atoms with Crippen molar-refractivity contribution in [3.8, 4) is 0 Å². The summed E-state index contributed by atoms with van der Waals surface area (Å²) in [4.78, 5) is 12.2. The van der Waals surface area contributed by atoms with Crippen LogP contribution in [0, 0.1) is 19.7 Å². The van der Waals surface area contributed by atoms with Gasteiger partial charge in [-0.1, -0.05) is 6.07 Å². The van der Waals surface area contributed by atoms with Gasteiger partial charge in [-0.05, 0) is 44.5 Å². The lowest BCUT2D eigenvalue weighted by Crippen LogP contribution is -2.15. The highest BCUT2D eigenvalue weighted by molar-refractivity contribution is 6.04. The number of hydrogen-bond acceptors (Lipinski definition) is 3. The molecule has 0 unspecified atom stereocenters. The SMILES string of the molecule is Cc1ccc(NC(=O)c2cnn(CCCN)c2C)c(F)c1. The summed E-state index contributed by atoms with van der Waals surface area (Å²) in [6.45, 7) is 4.83. The van der Waals surface area contributed by atoms with Crippen LogP contribution in [0.5, 0.6) is 0 Å². The van der Waals surface area contributed by atoms with Gasteiger partial charge < -0.3 is 11.1 Å². The van der Waals surface area contributed by atoms with Gasteiger partial charge in [-0.25, -0.2) is 4.39 Å². The molecule has 1 heterocycles. The van der Waals surface area contributed by atoms with Gasteiger partial charge in [0.25, 0.3) is 5.91 Å². The number of halogens is 1. The third-order valence-electron chi connectivity index (χ3n) is 3.29. The quantitative estimate of drug-likeness (QED) is 0.887. The van der Waals surface area contributed by atoms with E-state index in [-0.39, 0.29) is 11.6 Å². The Labute approximate surface area is 123 Å². The number of hydrogen-bond donors (Lipinski definition) is 2. The number of nitrogens with two attached hydrogens (primary N) is 1. The highest BCUT2D eigenvalue weighted by Crippen LogP contribution is 2.17. The zero-order valence-corrected chi connectivity index (χ0v) is 12.2. The van der Waals surface area contributed by atoms with E-state index in [9.17, 15) is 9.18 Å². The normalized spacial score (nSPS) is 10.7. The van der Waals surface area contributed by atoms with E-state index in [4.69, 9.17) is 5.73 Å². The molecule has 1 amide bonds. The molecule has 21 heavy (non-hydrogen) atoms. The number of aryl methyl sites for hydroxylation is 2. The average molecular weight is 290 g/mol. The fraction of sp³-hybridized carbons (Fsp3) is 0.333. The molecule has 0 bridgehead atoms. The van der Waals surface area contributed by atoms with E-state index < -0.39 is 5.82 Å². The Bertz CT molecular complexity index is 651. The zero-order chi connectivity index (χ0) is 15.4. The van der Waals surface area contributed by atoms with Gasteiger partial charge in [0, 0.05) is 12.2 Å². The van der Waals surface area contributed by atoms with E-state index in [1.54, 1.807) is 23.7 Å². The van der Waals surface area contributed by atoms with Crippen molar-refractivity contribution >= 4 is 11.6 Å². The maximum absolute atomic E-state index is 13.7. The lowest BCUT2D eigenvalue weighted by atomic mass is 10.2. The number of carbonyl (C=O) groups is 1. The van der Waals surface area contributed by atoms with Gasteiger partial charge in [0.2, 0.25) is 0 Å². The molecule has 6 heteroatoms. The van der Waals surface area contributed by atoms with E-state index in [1.807, 2.05) is 6.92 Å². The number of anilines is 1. The van der Waals surface area contributed by atoms with E-state index in [1.165, 1.54) is 12.3 Å². The summed E-state index contributed by atoms with van der Waals surface area (Å²) < 4.78 is 15.5. The second kappa shape index (κ2) is 6.49. The highest BCUT2D eigenvalue weighted by atomic mass is 19.1. The standard InChI is InChI=1S/C15H19FN4O/c1-10-4-5-14(13(16)8-10)19-15(21)12-9-18-20(11(12)2)7-3-6-17/h4-5,8-9H,3,6-7,17H2,1-2H3,(H,19,21). The number of carbonyl (C=O) groups excluding carboxylic acids is 1. The second-order valence-electron chi connectivity index (χ2n) is 4.95. The van der Waals surface area contributed by atoms with Gasteiger partial charge >= 0.3 is 0 Å². The molecule has 2 rings (SSSR count). The van der Waals surface area contributed by atoms with Gasteiger partial charge in [-0.3, -0.25) is 9.48 Å². The zero-order valence-electron chi connectivity index (χ0n) is 12.2. The molecule has 5 nitrogen and oxygen atoms in total. The van der Waals surface area contributed by atoms with E-state index in [0.29, 0.717) is 18.7 Å². The molecule has 0 spiro atoms. The summed E-state index contributed by atoms with van der Waals surface area (Å²) in [5.41, 5.74) is 7.61. The Kier molecular flexibility index (Phi) is 4.70. The van der Waals surface area contributed by atoms with Crippen LogP contribution < -0.4 is 11.1 Å². The number of nitrogens with one attached hydrogen (secondary N) is 1. The maximum atomic E-state index is 13.7. The van der Waals surface area contributed by atoms with Gasteiger partial charge in [0.05, 0.1) is 17.4 Å². The first-order valence-electron chi connectivity index (χ1n) is 6.83. The van der Waals surface area contributed by atoms with E-state index in [2.05, 4.69) is 10.4 Å². The van der Waals surface area contributed by atoms with Gasteiger partial charge in [-0.2, -0.15) is 5.10 Å². The van der Waals surface area contributed by atoms with Crippen molar-refractivity contribution in [2.45, 2.75) is 26.8 Å². The largest absolute Gasteiger partial charge is 0.330 e. The smallest absolute Gasteiger partial charge is 0.259 e. The van der Waals surface area contributed by atoms with Gasteiger partial charge in [0.1, 0.15) is 5.82 Å². The lowest BCUT2D eigenvalue weighted by Gasteiger charge is -2.07. The Morgan fingerprint density at radius 1 is 1.43 bits per heavy atom. The van der Waals surface area contributed by atoms with Crippen LogP contribution in [0.4, 0.5) is 10.1 Å². The molecule has 0 saturated heterocycles. The molecule has 3 N–H and O–H groups in total. The minimum absolute atomic E-state index is 0.166. The molecule has 0 saturated carbocycles.